The number of rotatable bonds is 16. The number of hydrogen-bond acceptors (Lipinski definition) is 3. The minimum Gasteiger partial charge on any atom is -0.494 e. The van der Waals surface area contributed by atoms with Crippen molar-refractivity contribution in [3.63, 3.8) is 0 Å². The molecule has 0 N–H and O–H groups in total. The second-order valence-corrected chi connectivity index (χ2v) is 7.22. The van der Waals surface area contributed by atoms with Crippen molar-refractivity contribution in [2.45, 2.75) is 71.1 Å². The van der Waals surface area contributed by atoms with Crippen molar-refractivity contribution < 1.29 is 14.2 Å². The molecule has 0 spiro atoms. The van der Waals surface area contributed by atoms with Gasteiger partial charge < -0.3 is 14.2 Å². The van der Waals surface area contributed by atoms with E-state index in [4.69, 9.17) is 14.2 Å². The molecule has 0 aliphatic heterocycles. The van der Waals surface area contributed by atoms with E-state index >= 15 is 0 Å². The zero-order valence-corrected chi connectivity index (χ0v) is 17.4. The molecule has 3 nitrogen and oxygen atoms in total. The molecular formula is C25H36O3. The van der Waals surface area contributed by atoms with Crippen LogP contribution in [0.2, 0.25) is 0 Å². The van der Waals surface area contributed by atoms with Crippen LogP contribution in [0.5, 0.6) is 17.2 Å². The average molecular weight is 385 g/mol. The van der Waals surface area contributed by atoms with Gasteiger partial charge >= 0.3 is 0 Å². The molecule has 2 rings (SSSR count). The third-order valence-electron chi connectivity index (χ3n) is 4.78. The predicted molar refractivity (Wildman–Crippen MR) is 116 cm³/mol. The molecule has 0 bridgehead atoms. The molecule has 0 aliphatic rings. The van der Waals surface area contributed by atoms with Crippen LogP contribution < -0.4 is 14.2 Å². The van der Waals surface area contributed by atoms with Gasteiger partial charge in [0.1, 0.15) is 17.2 Å². The smallest absolute Gasteiger partial charge is 0.230 e. The molecule has 0 aliphatic carbocycles. The summed E-state index contributed by atoms with van der Waals surface area (Å²) >= 11 is 0. The normalized spacial score (nSPS) is 10.6. The van der Waals surface area contributed by atoms with Crippen LogP contribution in [-0.2, 0) is 0 Å². The van der Waals surface area contributed by atoms with Gasteiger partial charge in [-0.15, -0.1) is 0 Å². The highest BCUT2D eigenvalue weighted by Crippen LogP contribution is 2.19. The summed E-state index contributed by atoms with van der Waals surface area (Å²) in [5, 5.41) is 0. The highest BCUT2D eigenvalue weighted by Gasteiger charge is 1.98. The van der Waals surface area contributed by atoms with E-state index in [9.17, 15) is 0 Å². The van der Waals surface area contributed by atoms with Gasteiger partial charge in [-0.2, -0.15) is 0 Å². The second kappa shape index (κ2) is 14.8. The van der Waals surface area contributed by atoms with Gasteiger partial charge in [0.25, 0.3) is 0 Å². The first-order valence-corrected chi connectivity index (χ1v) is 10.9. The fourth-order valence-electron chi connectivity index (χ4n) is 3.09. The molecular weight excluding hydrogens is 348 g/mol. The number of ether oxygens (including phenoxy) is 3. The van der Waals surface area contributed by atoms with E-state index in [1.165, 1.54) is 57.8 Å². The molecule has 2 aromatic rings. The Morgan fingerprint density at radius 1 is 0.500 bits per heavy atom. The van der Waals surface area contributed by atoms with Crippen molar-refractivity contribution in [1.29, 1.82) is 0 Å². The summed E-state index contributed by atoms with van der Waals surface area (Å²) in [5.74, 6) is 2.48. The Hall–Kier alpha value is -2.16. The van der Waals surface area contributed by atoms with Crippen LogP contribution in [0.15, 0.2) is 54.6 Å². The first-order valence-electron chi connectivity index (χ1n) is 10.9. The van der Waals surface area contributed by atoms with E-state index in [1.54, 1.807) is 0 Å². The summed E-state index contributed by atoms with van der Waals surface area (Å²) in [6, 6.07) is 17.4. The summed E-state index contributed by atoms with van der Waals surface area (Å²) in [7, 11) is 0. The minimum absolute atomic E-state index is 0.197. The summed E-state index contributed by atoms with van der Waals surface area (Å²) in [6.45, 7) is 3.25. The van der Waals surface area contributed by atoms with E-state index in [0.29, 0.717) is 0 Å². The highest BCUT2D eigenvalue weighted by atomic mass is 16.7. The SMILES string of the molecule is CCCCCCCCCCCCOc1ccc(OCOc2ccccc2)cc1. The maximum atomic E-state index is 5.82. The Balaban J connectivity index is 1.46. The van der Waals surface area contributed by atoms with Crippen LogP contribution in [0, 0.1) is 0 Å². The van der Waals surface area contributed by atoms with Crippen molar-refractivity contribution in [3.8, 4) is 17.2 Å². The molecule has 28 heavy (non-hydrogen) atoms. The van der Waals surface area contributed by atoms with Crippen molar-refractivity contribution in [1.82, 2.24) is 0 Å². The number of benzene rings is 2. The zero-order valence-electron chi connectivity index (χ0n) is 17.4. The summed E-state index contributed by atoms with van der Waals surface area (Å²) in [6.07, 6.45) is 13.4. The van der Waals surface area contributed by atoms with Gasteiger partial charge in [-0.25, -0.2) is 0 Å². The first-order chi connectivity index (χ1) is 13.9. The molecule has 0 heterocycles. The Labute approximate surface area is 171 Å². The van der Waals surface area contributed by atoms with Crippen molar-refractivity contribution in [3.05, 3.63) is 54.6 Å². The van der Waals surface area contributed by atoms with Gasteiger partial charge in [0.2, 0.25) is 6.79 Å². The van der Waals surface area contributed by atoms with Crippen molar-refractivity contribution in [2.24, 2.45) is 0 Å². The molecule has 0 amide bonds. The fraction of sp³-hybridized carbons (Fsp3) is 0.520. The summed E-state index contributed by atoms with van der Waals surface area (Å²) in [4.78, 5) is 0. The van der Waals surface area contributed by atoms with E-state index in [2.05, 4.69) is 6.92 Å². The van der Waals surface area contributed by atoms with Crippen LogP contribution in [0.3, 0.4) is 0 Å². The monoisotopic (exact) mass is 384 g/mol. The number of hydrogen-bond donors (Lipinski definition) is 0. The lowest BCUT2D eigenvalue weighted by atomic mass is 10.1. The fourth-order valence-corrected chi connectivity index (χ4v) is 3.09. The number of para-hydroxylation sites is 1. The maximum absolute atomic E-state index is 5.82. The molecule has 0 aromatic heterocycles. The van der Waals surface area contributed by atoms with E-state index < -0.39 is 0 Å². The predicted octanol–water partition coefficient (Wildman–Crippen LogP) is 7.40. The molecule has 0 atom stereocenters. The lowest BCUT2D eigenvalue weighted by Crippen LogP contribution is -2.05. The van der Waals surface area contributed by atoms with Crippen LogP contribution in [-0.4, -0.2) is 13.4 Å². The molecule has 0 unspecified atom stereocenters. The Morgan fingerprint density at radius 3 is 1.54 bits per heavy atom. The lowest BCUT2D eigenvalue weighted by molar-refractivity contribution is 0.119. The van der Waals surface area contributed by atoms with Gasteiger partial charge in [0.15, 0.2) is 0 Å². The summed E-state index contributed by atoms with van der Waals surface area (Å²) < 4.78 is 16.9. The Morgan fingerprint density at radius 2 is 0.964 bits per heavy atom. The molecule has 0 fully saturated rings. The van der Waals surface area contributed by atoms with Crippen LogP contribution in [0.1, 0.15) is 71.1 Å². The minimum atomic E-state index is 0.197. The maximum Gasteiger partial charge on any atom is 0.230 e. The van der Waals surface area contributed by atoms with Gasteiger partial charge in [0, 0.05) is 0 Å². The van der Waals surface area contributed by atoms with Gasteiger partial charge in [0.05, 0.1) is 6.61 Å². The van der Waals surface area contributed by atoms with E-state index in [-0.39, 0.29) is 6.79 Å². The lowest BCUT2D eigenvalue weighted by Gasteiger charge is -2.10. The Kier molecular flexibility index (Phi) is 11.7. The molecule has 0 radical (unpaired) electrons. The molecule has 154 valence electrons. The van der Waals surface area contributed by atoms with Gasteiger partial charge in [-0.05, 0) is 42.8 Å². The van der Waals surface area contributed by atoms with E-state index in [1.807, 2.05) is 54.6 Å². The Bertz CT molecular complexity index is 595. The molecule has 2 aromatic carbocycles. The largest absolute Gasteiger partial charge is 0.494 e. The second-order valence-electron chi connectivity index (χ2n) is 7.22. The molecule has 0 saturated carbocycles. The third kappa shape index (κ3) is 10.2. The van der Waals surface area contributed by atoms with Crippen LogP contribution in [0.4, 0.5) is 0 Å². The van der Waals surface area contributed by atoms with Crippen molar-refractivity contribution >= 4 is 0 Å². The first kappa shape index (κ1) is 22.1. The zero-order chi connectivity index (χ0) is 19.7. The van der Waals surface area contributed by atoms with Crippen LogP contribution in [0.25, 0.3) is 0 Å². The van der Waals surface area contributed by atoms with Crippen LogP contribution >= 0.6 is 0 Å². The van der Waals surface area contributed by atoms with Gasteiger partial charge in [-0.1, -0.05) is 82.9 Å². The average Bonchev–Trinajstić information content (AvgIpc) is 2.74. The molecule has 3 heteroatoms. The highest BCUT2D eigenvalue weighted by molar-refractivity contribution is 5.31. The third-order valence-corrected chi connectivity index (χ3v) is 4.78. The van der Waals surface area contributed by atoms with Crippen molar-refractivity contribution in [2.75, 3.05) is 13.4 Å². The van der Waals surface area contributed by atoms with Gasteiger partial charge in [-0.3, -0.25) is 0 Å². The molecule has 0 saturated heterocycles. The number of unbranched alkanes of at least 4 members (excludes halogenated alkanes) is 9. The topological polar surface area (TPSA) is 27.7 Å². The quantitative estimate of drug-likeness (QED) is 0.223. The van der Waals surface area contributed by atoms with E-state index in [0.717, 1.165) is 30.3 Å². The summed E-state index contributed by atoms with van der Waals surface area (Å²) in [5.41, 5.74) is 0. The standard InChI is InChI=1S/C25H36O3/c1-2-3-4-5-6-7-8-9-10-14-21-26-24-17-19-25(20-18-24)28-22-27-23-15-12-11-13-16-23/h11-13,15-20H,2-10,14,21-22H2,1H3.